The molecule has 8 aromatic carbocycles. The third kappa shape index (κ3) is 3.45. The number of benzene rings is 8. The Balaban J connectivity index is 1.11. The Bertz CT molecular complexity index is 2770. The Hall–Kier alpha value is -6.38. The lowest BCUT2D eigenvalue weighted by Crippen LogP contribution is -2.25. The van der Waals surface area contributed by atoms with Crippen LogP contribution < -0.4 is 5.32 Å². The van der Waals surface area contributed by atoms with Crippen molar-refractivity contribution in [1.82, 2.24) is 0 Å². The molecule has 0 radical (unpaired) electrons. The number of anilines is 2. The molecule has 2 aliphatic rings. The van der Waals surface area contributed by atoms with Crippen molar-refractivity contribution in [3.63, 3.8) is 0 Å². The molecule has 49 heavy (non-hydrogen) atoms. The van der Waals surface area contributed by atoms with Crippen LogP contribution in [0, 0.1) is 0 Å². The standard InChI is InChI=1S/C47H29NO/c1-2-16-33-29(13-1)30(35-19-11-20-36-34-17-6-10-26-44(34)49-46(35)36)27-28-42(33)48-43-25-12-24-41-45(43)37-18-5-9-23-40(37)47(41)38-21-7-3-14-31(38)32-15-4-8-22-39(32)47/h1-28,48H. The summed E-state index contributed by atoms with van der Waals surface area (Å²) in [5, 5.41) is 8.59. The van der Waals surface area contributed by atoms with E-state index < -0.39 is 0 Å². The maximum absolute atomic E-state index is 6.48. The molecule has 0 amide bonds. The molecule has 0 unspecified atom stereocenters. The molecular formula is C47H29NO. The van der Waals surface area contributed by atoms with Crippen LogP contribution in [0.4, 0.5) is 11.4 Å². The van der Waals surface area contributed by atoms with Crippen LogP contribution in [0.1, 0.15) is 22.3 Å². The zero-order valence-electron chi connectivity index (χ0n) is 26.6. The summed E-state index contributed by atoms with van der Waals surface area (Å²) < 4.78 is 6.48. The topological polar surface area (TPSA) is 25.2 Å². The molecule has 1 aromatic heterocycles. The van der Waals surface area contributed by atoms with Gasteiger partial charge in [0.05, 0.1) is 5.41 Å². The lowest BCUT2D eigenvalue weighted by molar-refractivity contribution is 0.670. The number of hydrogen-bond acceptors (Lipinski definition) is 2. The van der Waals surface area contributed by atoms with Gasteiger partial charge in [-0.25, -0.2) is 0 Å². The minimum absolute atomic E-state index is 0.367. The minimum Gasteiger partial charge on any atom is -0.455 e. The fourth-order valence-corrected chi connectivity index (χ4v) is 9.00. The normalized spacial score (nSPS) is 13.5. The maximum atomic E-state index is 6.48. The number of nitrogens with one attached hydrogen (secondary N) is 1. The molecule has 0 fully saturated rings. The monoisotopic (exact) mass is 623 g/mol. The second-order valence-corrected chi connectivity index (χ2v) is 13.2. The molecule has 9 aromatic rings. The van der Waals surface area contributed by atoms with Gasteiger partial charge < -0.3 is 9.73 Å². The van der Waals surface area contributed by atoms with E-state index in [-0.39, 0.29) is 5.41 Å². The van der Waals surface area contributed by atoms with E-state index in [1.54, 1.807) is 0 Å². The lowest BCUT2D eigenvalue weighted by atomic mass is 9.70. The zero-order valence-corrected chi connectivity index (χ0v) is 26.6. The van der Waals surface area contributed by atoms with Crippen LogP contribution in [0.5, 0.6) is 0 Å². The lowest BCUT2D eigenvalue weighted by Gasteiger charge is -2.30. The summed E-state index contributed by atoms with van der Waals surface area (Å²) in [6, 6.07) is 61.7. The van der Waals surface area contributed by atoms with Crippen LogP contribution in [0.2, 0.25) is 0 Å². The number of fused-ring (bicyclic) bond motifs is 14. The molecule has 0 atom stereocenters. The van der Waals surface area contributed by atoms with Gasteiger partial charge in [0.15, 0.2) is 0 Å². The zero-order chi connectivity index (χ0) is 32.1. The van der Waals surface area contributed by atoms with Crippen LogP contribution in [0.25, 0.3) is 66.1 Å². The second-order valence-electron chi connectivity index (χ2n) is 13.2. The van der Waals surface area contributed by atoms with Crippen molar-refractivity contribution in [3.05, 3.63) is 192 Å². The average Bonchev–Trinajstić information content (AvgIpc) is 3.80. The Morgan fingerprint density at radius 1 is 0.347 bits per heavy atom. The van der Waals surface area contributed by atoms with Crippen molar-refractivity contribution >= 4 is 44.1 Å². The van der Waals surface area contributed by atoms with Gasteiger partial charge in [-0.1, -0.05) is 152 Å². The summed E-state index contributed by atoms with van der Waals surface area (Å²) in [6.07, 6.45) is 0. The van der Waals surface area contributed by atoms with E-state index in [0.717, 1.165) is 44.4 Å². The number of furan rings is 1. The number of hydrogen-bond donors (Lipinski definition) is 1. The molecule has 0 saturated heterocycles. The summed E-state index contributed by atoms with van der Waals surface area (Å²) in [5.74, 6) is 0. The first kappa shape index (κ1) is 26.7. The fraction of sp³-hybridized carbons (Fsp3) is 0.0213. The van der Waals surface area contributed by atoms with Crippen molar-refractivity contribution in [2.24, 2.45) is 0 Å². The Labute approximate surface area is 283 Å². The molecule has 0 aliphatic heterocycles. The largest absolute Gasteiger partial charge is 0.455 e. The quantitative estimate of drug-likeness (QED) is 0.212. The molecule has 1 N–H and O–H groups in total. The predicted octanol–water partition coefficient (Wildman–Crippen LogP) is 12.5. The Kier molecular flexibility index (Phi) is 5.34. The highest BCUT2D eigenvalue weighted by Crippen LogP contribution is 2.64. The first-order valence-corrected chi connectivity index (χ1v) is 16.9. The van der Waals surface area contributed by atoms with Gasteiger partial charge in [0, 0.05) is 38.7 Å². The molecule has 0 bridgehead atoms. The van der Waals surface area contributed by atoms with Crippen LogP contribution in [-0.2, 0) is 5.41 Å². The predicted molar refractivity (Wildman–Crippen MR) is 203 cm³/mol. The minimum atomic E-state index is -0.367. The number of rotatable bonds is 3. The summed E-state index contributed by atoms with van der Waals surface area (Å²) >= 11 is 0. The molecule has 1 spiro atoms. The van der Waals surface area contributed by atoms with E-state index >= 15 is 0 Å². The van der Waals surface area contributed by atoms with Gasteiger partial charge in [-0.3, -0.25) is 0 Å². The Morgan fingerprint density at radius 2 is 0.898 bits per heavy atom. The van der Waals surface area contributed by atoms with E-state index in [0.29, 0.717) is 0 Å². The fourth-order valence-electron chi connectivity index (χ4n) is 9.00. The van der Waals surface area contributed by atoms with Crippen LogP contribution in [-0.4, -0.2) is 0 Å². The molecular weight excluding hydrogens is 595 g/mol. The SMILES string of the molecule is c1ccc2c(c1)-c1ccccc1C21c2ccccc2-c2c(Nc3ccc(-c4cccc5c4oc4ccccc45)c4ccccc34)cccc21. The van der Waals surface area contributed by atoms with Gasteiger partial charge >= 0.3 is 0 Å². The summed E-state index contributed by atoms with van der Waals surface area (Å²) in [5.41, 5.74) is 16.5. The highest BCUT2D eigenvalue weighted by Gasteiger charge is 2.51. The summed E-state index contributed by atoms with van der Waals surface area (Å²) in [4.78, 5) is 0. The summed E-state index contributed by atoms with van der Waals surface area (Å²) in [6.45, 7) is 0. The number of para-hydroxylation sites is 2. The molecule has 228 valence electrons. The van der Waals surface area contributed by atoms with Crippen molar-refractivity contribution in [2.75, 3.05) is 5.32 Å². The van der Waals surface area contributed by atoms with Crippen LogP contribution in [0.3, 0.4) is 0 Å². The van der Waals surface area contributed by atoms with Gasteiger partial charge in [0.2, 0.25) is 0 Å². The first-order chi connectivity index (χ1) is 24.3. The van der Waals surface area contributed by atoms with Crippen LogP contribution >= 0.6 is 0 Å². The molecule has 2 aliphatic carbocycles. The van der Waals surface area contributed by atoms with Crippen molar-refractivity contribution in [2.45, 2.75) is 5.41 Å². The van der Waals surface area contributed by atoms with E-state index in [9.17, 15) is 0 Å². The highest BCUT2D eigenvalue weighted by molar-refractivity contribution is 6.14. The van der Waals surface area contributed by atoms with Gasteiger partial charge in [-0.05, 0) is 68.1 Å². The Morgan fingerprint density at radius 3 is 1.67 bits per heavy atom. The second kappa shape index (κ2) is 9.82. The average molecular weight is 624 g/mol. The molecule has 0 saturated carbocycles. The van der Waals surface area contributed by atoms with Gasteiger partial charge in [-0.15, -0.1) is 0 Å². The molecule has 2 heteroatoms. The highest BCUT2D eigenvalue weighted by atomic mass is 16.3. The summed E-state index contributed by atoms with van der Waals surface area (Å²) in [7, 11) is 0. The van der Waals surface area contributed by atoms with E-state index in [1.807, 2.05) is 12.1 Å². The third-order valence-corrected chi connectivity index (χ3v) is 10.9. The van der Waals surface area contributed by atoms with Gasteiger partial charge in [-0.2, -0.15) is 0 Å². The third-order valence-electron chi connectivity index (χ3n) is 10.9. The van der Waals surface area contributed by atoms with Crippen molar-refractivity contribution in [3.8, 4) is 33.4 Å². The van der Waals surface area contributed by atoms with Gasteiger partial charge in [0.25, 0.3) is 0 Å². The van der Waals surface area contributed by atoms with E-state index in [4.69, 9.17) is 4.42 Å². The molecule has 11 rings (SSSR count). The maximum Gasteiger partial charge on any atom is 0.143 e. The van der Waals surface area contributed by atoms with Crippen LogP contribution in [0.15, 0.2) is 174 Å². The van der Waals surface area contributed by atoms with Gasteiger partial charge in [0.1, 0.15) is 11.2 Å². The molecule has 1 heterocycles. The van der Waals surface area contributed by atoms with E-state index in [1.165, 1.54) is 55.3 Å². The molecule has 2 nitrogen and oxygen atoms in total. The van der Waals surface area contributed by atoms with E-state index in [2.05, 4.69) is 163 Å². The smallest absolute Gasteiger partial charge is 0.143 e. The van der Waals surface area contributed by atoms with Crippen molar-refractivity contribution in [1.29, 1.82) is 0 Å². The first-order valence-electron chi connectivity index (χ1n) is 16.9. The van der Waals surface area contributed by atoms with Crippen molar-refractivity contribution < 1.29 is 4.42 Å².